The molecule has 3 aromatic heterocycles. The SMILES string of the molecule is Cc1ccc(-[n+]2noc([O-])c2-c2csc(-n3cc(C=O)c(-c4ccccc4)n3)n2)cc1. The highest BCUT2D eigenvalue weighted by Gasteiger charge is 2.25. The zero-order valence-corrected chi connectivity index (χ0v) is 17.1. The van der Waals surface area contributed by atoms with Crippen LogP contribution in [0, 0.1) is 6.92 Å². The number of aromatic nitrogens is 5. The molecule has 152 valence electrons. The average Bonchev–Trinajstić information content (AvgIpc) is 3.52. The Bertz CT molecular complexity index is 1370. The lowest BCUT2D eigenvalue weighted by Crippen LogP contribution is -2.34. The summed E-state index contributed by atoms with van der Waals surface area (Å²) in [6.07, 6.45) is 2.39. The van der Waals surface area contributed by atoms with Gasteiger partial charge in [0.15, 0.2) is 17.9 Å². The van der Waals surface area contributed by atoms with Crippen molar-refractivity contribution in [3.63, 3.8) is 0 Å². The fourth-order valence-corrected chi connectivity index (χ4v) is 3.93. The summed E-state index contributed by atoms with van der Waals surface area (Å²) in [5, 5.41) is 23.0. The summed E-state index contributed by atoms with van der Waals surface area (Å²) in [6, 6.07) is 17.0. The van der Waals surface area contributed by atoms with Crippen molar-refractivity contribution in [2.24, 2.45) is 0 Å². The molecule has 0 saturated carbocycles. The van der Waals surface area contributed by atoms with Gasteiger partial charge in [-0.15, -0.1) is 11.3 Å². The fraction of sp³-hybridized carbons (Fsp3) is 0.0455. The molecule has 2 aromatic carbocycles. The van der Waals surface area contributed by atoms with Crippen LogP contribution in [0.2, 0.25) is 0 Å². The van der Waals surface area contributed by atoms with Crippen molar-refractivity contribution in [3.05, 3.63) is 77.3 Å². The monoisotopic (exact) mass is 429 g/mol. The van der Waals surface area contributed by atoms with E-state index in [1.807, 2.05) is 61.5 Å². The maximum Gasteiger partial charge on any atom is 0.289 e. The number of carbonyl (C=O) groups is 1. The fourth-order valence-electron chi connectivity index (χ4n) is 3.19. The van der Waals surface area contributed by atoms with Crippen LogP contribution in [0.4, 0.5) is 0 Å². The lowest BCUT2D eigenvalue weighted by molar-refractivity contribution is -0.660. The number of aryl methyl sites for hydroxylation is 1. The molecule has 0 radical (unpaired) electrons. The molecule has 0 aliphatic rings. The van der Waals surface area contributed by atoms with Gasteiger partial charge in [0.2, 0.25) is 10.8 Å². The number of hydrogen-bond acceptors (Lipinski definition) is 7. The molecule has 0 N–H and O–H groups in total. The van der Waals surface area contributed by atoms with Crippen LogP contribution in [0.25, 0.3) is 33.5 Å². The topological polar surface area (TPSA) is 101 Å². The largest absolute Gasteiger partial charge is 0.539 e. The van der Waals surface area contributed by atoms with Gasteiger partial charge in [0.25, 0.3) is 5.69 Å². The second-order valence-corrected chi connectivity index (χ2v) is 7.67. The summed E-state index contributed by atoms with van der Waals surface area (Å²) >= 11 is 1.30. The predicted molar refractivity (Wildman–Crippen MR) is 111 cm³/mol. The number of aldehydes is 1. The summed E-state index contributed by atoms with van der Waals surface area (Å²) in [6.45, 7) is 1.98. The highest BCUT2D eigenvalue weighted by atomic mass is 32.1. The molecule has 5 rings (SSSR count). The zero-order valence-electron chi connectivity index (χ0n) is 16.3. The van der Waals surface area contributed by atoms with E-state index in [2.05, 4.69) is 15.4 Å². The summed E-state index contributed by atoms with van der Waals surface area (Å²) in [4.78, 5) is 16.1. The smallest absolute Gasteiger partial charge is 0.289 e. The first-order valence-corrected chi connectivity index (χ1v) is 10.2. The molecular formula is C22H15N5O3S. The Morgan fingerprint density at radius 2 is 1.90 bits per heavy atom. The van der Waals surface area contributed by atoms with Crippen LogP contribution in [0.5, 0.6) is 5.95 Å². The van der Waals surface area contributed by atoms with E-state index in [1.54, 1.807) is 11.6 Å². The van der Waals surface area contributed by atoms with E-state index in [1.165, 1.54) is 20.7 Å². The molecule has 0 bridgehead atoms. The van der Waals surface area contributed by atoms with E-state index in [-0.39, 0.29) is 5.69 Å². The zero-order chi connectivity index (χ0) is 21.4. The number of rotatable bonds is 5. The summed E-state index contributed by atoms with van der Waals surface area (Å²) in [5.41, 5.74) is 4.26. The third-order valence-electron chi connectivity index (χ3n) is 4.74. The standard InChI is InChI=1S/C22H15N5O3S/c1-14-7-9-17(10-8-14)27-20(21(29)30-25-27)18-13-31-22(23-18)26-11-16(12-28)19(24-26)15-5-3-2-4-6-15/h2-13H,1H3. The van der Waals surface area contributed by atoms with E-state index >= 15 is 0 Å². The highest BCUT2D eigenvalue weighted by Crippen LogP contribution is 2.29. The maximum absolute atomic E-state index is 12.4. The van der Waals surface area contributed by atoms with Crippen LogP contribution < -0.4 is 9.79 Å². The molecular weight excluding hydrogens is 414 g/mol. The molecule has 0 spiro atoms. The van der Waals surface area contributed by atoms with Crippen molar-refractivity contribution in [2.45, 2.75) is 6.92 Å². The van der Waals surface area contributed by atoms with E-state index in [9.17, 15) is 9.90 Å². The number of benzene rings is 2. The van der Waals surface area contributed by atoms with E-state index in [4.69, 9.17) is 4.52 Å². The first-order chi connectivity index (χ1) is 15.1. The number of nitrogens with zero attached hydrogens (tertiary/aromatic N) is 5. The Morgan fingerprint density at radius 1 is 1.13 bits per heavy atom. The molecule has 3 heterocycles. The molecule has 9 heteroatoms. The van der Waals surface area contributed by atoms with Crippen LogP contribution in [-0.4, -0.2) is 26.3 Å². The predicted octanol–water partition coefficient (Wildman–Crippen LogP) is 3.12. The third-order valence-corrected chi connectivity index (χ3v) is 5.57. The summed E-state index contributed by atoms with van der Waals surface area (Å²) < 4.78 is 7.86. The molecule has 5 aromatic rings. The minimum absolute atomic E-state index is 0.220. The molecule has 31 heavy (non-hydrogen) atoms. The van der Waals surface area contributed by atoms with Crippen molar-refractivity contribution < 1.29 is 19.1 Å². The van der Waals surface area contributed by atoms with Gasteiger partial charge >= 0.3 is 0 Å². The molecule has 0 amide bonds. The van der Waals surface area contributed by atoms with Crippen LogP contribution in [0.1, 0.15) is 15.9 Å². The first kappa shape index (κ1) is 18.9. The Kier molecular flexibility index (Phi) is 4.64. The maximum atomic E-state index is 12.4. The van der Waals surface area contributed by atoms with E-state index in [0.717, 1.165) is 17.4 Å². The van der Waals surface area contributed by atoms with Crippen LogP contribution in [0.3, 0.4) is 0 Å². The molecule has 0 aliphatic carbocycles. The van der Waals surface area contributed by atoms with Gasteiger partial charge in [-0.05, 0) is 11.6 Å². The second-order valence-electron chi connectivity index (χ2n) is 6.83. The van der Waals surface area contributed by atoms with Gasteiger partial charge in [-0.2, -0.15) is 5.10 Å². The van der Waals surface area contributed by atoms with E-state index in [0.29, 0.717) is 27.8 Å². The van der Waals surface area contributed by atoms with Gasteiger partial charge in [0.1, 0.15) is 5.69 Å². The highest BCUT2D eigenvalue weighted by molar-refractivity contribution is 7.12. The minimum atomic E-state index is -0.587. The van der Waals surface area contributed by atoms with Crippen molar-refractivity contribution in [3.8, 4) is 39.4 Å². The lowest BCUT2D eigenvalue weighted by atomic mass is 10.1. The third kappa shape index (κ3) is 3.40. The van der Waals surface area contributed by atoms with Crippen molar-refractivity contribution in [2.75, 3.05) is 0 Å². The Balaban J connectivity index is 1.55. The van der Waals surface area contributed by atoms with E-state index < -0.39 is 5.95 Å². The molecule has 0 atom stereocenters. The van der Waals surface area contributed by atoms with Crippen LogP contribution in [0.15, 0.2) is 70.7 Å². The van der Waals surface area contributed by atoms with Gasteiger partial charge in [-0.1, -0.05) is 48.0 Å². The molecule has 0 unspecified atom stereocenters. The Hall–Kier alpha value is -4.11. The molecule has 0 aliphatic heterocycles. The van der Waals surface area contributed by atoms with Crippen molar-refractivity contribution >= 4 is 17.6 Å². The number of thiazole rings is 1. The average molecular weight is 429 g/mol. The Labute approximate surface area is 180 Å². The van der Waals surface area contributed by atoms with Crippen molar-refractivity contribution in [1.29, 1.82) is 0 Å². The van der Waals surface area contributed by atoms with Gasteiger partial charge in [-0.3, -0.25) is 4.79 Å². The van der Waals surface area contributed by atoms with Gasteiger partial charge < -0.3 is 9.63 Å². The summed E-state index contributed by atoms with van der Waals surface area (Å²) in [7, 11) is 0. The van der Waals surface area contributed by atoms with Crippen molar-refractivity contribution in [1.82, 2.24) is 20.0 Å². The quantitative estimate of drug-likeness (QED) is 0.314. The lowest BCUT2D eigenvalue weighted by Gasteiger charge is -1.97. The Morgan fingerprint density at radius 3 is 2.65 bits per heavy atom. The second kappa shape index (κ2) is 7.62. The first-order valence-electron chi connectivity index (χ1n) is 9.36. The normalized spacial score (nSPS) is 11.0. The molecule has 8 nitrogen and oxygen atoms in total. The number of carbonyl (C=O) groups excluding carboxylic acids is 1. The molecule has 0 saturated heterocycles. The minimum Gasteiger partial charge on any atom is -0.539 e. The molecule has 0 fully saturated rings. The van der Waals surface area contributed by atoms with Gasteiger partial charge in [-0.25, -0.2) is 9.67 Å². The van der Waals surface area contributed by atoms with Crippen LogP contribution >= 0.6 is 11.3 Å². The van der Waals surface area contributed by atoms with Gasteiger partial charge in [0, 0.05) is 29.3 Å². The van der Waals surface area contributed by atoms with Crippen LogP contribution in [-0.2, 0) is 0 Å². The number of hydrogen-bond donors (Lipinski definition) is 0. The summed E-state index contributed by atoms with van der Waals surface area (Å²) in [5.74, 6) is -0.587. The van der Waals surface area contributed by atoms with Gasteiger partial charge in [0.05, 0.1) is 10.8 Å².